The lowest BCUT2D eigenvalue weighted by molar-refractivity contribution is -0.145. The number of hydrogen-bond donors (Lipinski definition) is 0. The molecule has 0 unspecified atom stereocenters. The molecule has 0 N–H and O–H groups in total. The molecule has 24 heavy (non-hydrogen) atoms. The molecule has 0 amide bonds. The molecule has 0 saturated heterocycles. The molecule has 2 heterocycles. The minimum Gasteiger partial charge on any atom is -0.497 e. The maximum atomic E-state index is 11.8. The lowest BCUT2D eigenvalue weighted by Crippen LogP contribution is -2.06. The van der Waals surface area contributed by atoms with E-state index >= 15 is 0 Å². The summed E-state index contributed by atoms with van der Waals surface area (Å²) in [5.41, 5.74) is 1.76. The van der Waals surface area contributed by atoms with Crippen LogP contribution in [0, 0.1) is 0 Å². The first kappa shape index (κ1) is 16.2. The van der Waals surface area contributed by atoms with Crippen molar-refractivity contribution >= 4 is 17.3 Å². The third kappa shape index (κ3) is 4.20. The Hall–Kier alpha value is -2.67. The van der Waals surface area contributed by atoms with E-state index in [0.717, 1.165) is 16.9 Å². The molecule has 3 rings (SSSR count). The van der Waals surface area contributed by atoms with Crippen LogP contribution in [0.3, 0.4) is 0 Å². The van der Waals surface area contributed by atoms with E-state index in [1.54, 1.807) is 18.4 Å². The molecule has 0 bridgehead atoms. The van der Waals surface area contributed by atoms with Gasteiger partial charge in [-0.1, -0.05) is 12.1 Å². The normalized spacial score (nSPS) is 10.5. The molecular formula is C17H16N2O4S. The molecule has 6 nitrogen and oxygen atoms in total. The number of nitrogens with zero attached hydrogens (tertiary/aromatic N) is 2. The van der Waals surface area contributed by atoms with E-state index in [2.05, 4.69) is 10.2 Å². The zero-order chi connectivity index (χ0) is 16.8. The van der Waals surface area contributed by atoms with Gasteiger partial charge >= 0.3 is 5.97 Å². The van der Waals surface area contributed by atoms with Crippen molar-refractivity contribution in [3.05, 3.63) is 52.5 Å². The second kappa shape index (κ2) is 7.74. The first-order valence-electron chi connectivity index (χ1n) is 7.38. The molecule has 0 aliphatic carbocycles. The zero-order valence-corrected chi connectivity index (χ0v) is 13.9. The number of rotatable bonds is 7. The van der Waals surface area contributed by atoms with Crippen LogP contribution in [0.25, 0.3) is 11.5 Å². The fourth-order valence-corrected chi connectivity index (χ4v) is 2.69. The molecule has 0 fully saturated rings. The first-order valence-corrected chi connectivity index (χ1v) is 8.32. The summed E-state index contributed by atoms with van der Waals surface area (Å²) in [7, 11) is 1.60. The number of benzene rings is 1. The number of ether oxygens (including phenoxy) is 2. The second-order valence-corrected chi connectivity index (χ2v) is 5.81. The zero-order valence-electron chi connectivity index (χ0n) is 13.1. The van der Waals surface area contributed by atoms with Crippen LogP contribution >= 0.6 is 11.3 Å². The van der Waals surface area contributed by atoms with Gasteiger partial charge in [0.15, 0.2) is 0 Å². The summed E-state index contributed by atoms with van der Waals surface area (Å²) in [6.07, 6.45) is 0.545. The Bertz CT molecular complexity index is 799. The molecule has 0 atom stereocenters. The van der Waals surface area contributed by atoms with Crippen molar-refractivity contribution in [2.24, 2.45) is 0 Å². The fraction of sp³-hybridized carbons (Fsp3) is 0.235. The fourth-order valence-electron chi connectivity index (χ4n) is 2.06. The number of methoxy groups -OCH3 is 1. The maximum absolute atomic E-state index is 11.8. The summed E-state index contributed by atoms with van der Waals surface area (Å²) in [6, 6.07) is 9.31. The SMILES string of the molecule is COc1cccc(COC(=O)CCc2nnc(-c3ccsc3)o2)c1. The van der Waals surface area contributed by atoms with Crippen molar-refractivity contribution in [3.63, 3.8) is 0 Å². The predicted molar refractivity (Wildman–Crippen MR) is 88.7 cm³/mol. The van der Waals surface area contributed by atoms with Crippen molar-refractivity contribution in [1.29, 1.82) is 0 Å². The minimum atomic E-state index is -0.312. The van der Waals surface area contributed by atoms with Gasteiger partial charge in [0.05, 0.1) is 13.5 Å². The Balaban J connectivity index is 1.47. The number of carbonyl (C=O) groups excluding carboxylic acids is 1. The Labute approximate surface area is 143 Å². The van der Waals surface area contributed by atoms with Crippen LogP contribution in [0.4, 0.5) is 0 Å². The van der Waals surface area contributed by atoms with Crippen LogP contribution < -0.4 is 4.74 Å². The molecule has 0 saturated carbocycles. The highest BCUT2D eigenvalue weighted by Gasteiger charge is 2.11. The monoisotopic (exact) mass is 344 g/mol. The first-order chi connectivity index (χ1) is 11.7. The topological polar surface area (TPSA) is 74.5 Å². The minimum absolute atomic E-state index is 0.190. The third-order valence-corrected chi connectivity index (χ3v) is 4.00. The van der Waals surface area contributed by atoms with Gasteiger partial charge in [-0.25, -0.2) is 0 Å². The van der Waals surface area contributed by atoms with E-state index in [1.807, 2.05) is 41.1 Å². The summed E-state index contributed by atoms with van der Waals surface area (Å²) >= 11 is 1.56. The quantitative estimate of drug-likeness (QED) is 0.611. The average molecular weight is 344 g/mol. The van der Waals surface area contributed by atoms with E-state index in [0.29, 0.717) is 18.2 Å². The van der Waals surface area contributed by atoms with Crippen LogP contribution in [0.15, 0.2) is 45.5 Å². The number of thiophene rings is 1. The lowest BCUT2D eigenvalue weighted by Gasteiger charge is -2.06. The highest BCUT2D eigenvalue weighted by atomic mass is 32.1. The van der Waals surface area contributed by atoms with E-state index in [4.69, 9.17) is 13.9 Å². The van der Waals surface area contributed by atoms with Crippen LogP contribution in [-0.4, -0.2) is 23.3 Å². The van der Waals surface area contributed by atoms with Crippen LogP contribution in [-0.2, 0) is 22.6 Å². The number of aryl methyl sites for hydroxylation is 1. The van der Waals surface area contributed by atoms with Gasteiger partial charge in [-0.3, -0.25) is 4.79 Å². The van der Waals surface area contributed by atoms with E-state index in [9.17, 15) is 4.79 Å². The Kier molecular flexibility index (Phi) is 5.22. The van der Waals surface area contributed by atoms with Crippen molar-refractivity contribution in [2.75, 3.05) is 7.11 Å². The molecular weight excluding hydrogens is 328 g/mol. The molecule has 0 spiro atoms. The Morgan fingerprint density at radius 1 is 1.29 bits per heavy atom. The summed E-state index contributed by atoms with van der Waals surface area (Å²) in [6.45, 7) is 0.208. The smallest absolute Gasteiger partial charge is 0.306 e. The summed E-state index contributed by atoms with van der Waals surface area (Å²) in [4.78, 5) is 11.8. The van der Waals surface area contributed by atoms with Crippen molar-refractivity contribution in [3.8, 4) is 17.2 Å². The van der Waals surface area contributed by atoms with Gasteiger partial charge in [-0.15, -0.1) is 10.2 Å². The van der Waals surface area contributed by atoms with Gasteiger partial charge in [-0.05, 0) is 29.1 Å². The van der Waals surface area contributed by atoms with Gasteiger partial charge in [0.1, 0.15) is 12.4 Å². The third-order valence-electron chi connectivity index (χ3n) is 3.31. The number of esters is 1. The molecule has 124 valence electrons. The molecule has 0 radical (unpaired) electrons. The van der Waals surface area contributed by atoms with Gasteiger partial charge in [0.25, 0.3) is 0 Å². The highest BCUT2D eigenvalue weighted by molar-refractivity contribution is 7.08. The number of carbonyl (C=O) groups is 1. The Morgan fingerprint density at radius 3 is 3.00 bits per heavy atom. The van der Waals surface area contributed by atoms with Crippen LogP contribution in [0.2, 0.25) is 0 Å². The Morgan fingerprint density at radius 2 is 2.21 bits per heavy atom. The van der Waals surface area contributed by atoms with E-state index in [-0.39, 0.29) is 19.0 Å². The largest absolute Gasteiger partial charge is 0.497 e. The molecule has 7 heteroatoms. The standard InChI is InChI=1S/C17H16N2O4S/c1-21-14-4-2-3-12(9-14)10-22-16(20)6-5-15-18-19-17(23-15)13-7-8-24-11-13/h2-4,7-9,11H,5-6,10H2,1H3. The molecule has 1 aromatic carbocycles. The van der Waals surface area contributed by atoms with Crippen molar-refractivity contribution in [1.82, 2.24) is 10.2 Å². The van der Waals surface area contributed by atoms with Gasteiger partial charge in [-0.2, -0.15) is 11.3 Å². The molecule has 3 aromatic rings. The van der Waals surface area contributed by atoms with E-state index < -0.39 is 0 Å². The molecule has 0 aliphatic rings. The summed E-state index contributed by atoms with van der Waals surface area (Å²) < 4.78 is 15.9. The number of aromatic nitrogens is 2. The molecule has 2 aromatic heterocycles. The summed E-state index contributed by atoms with van der Waals surface area (Å²) in [5, 5.41) is 11.8. The van der Waals surface area contributed by atoms with Gasteiger partial charge in [0, 0.05) is 17.4 Å². The van der Waals surface area contributed by atoms with Gasteiger partial charge in [0.2, 0.25) is 11.8 Å². The predicted octanol–water partition coefficient (Wildman–Crippen LogP) is 3.48. The molecule has 0 aliphatic heterocycles. The number of hydrogen-bond acceptors (Lipinski definition) is 7. The van der Waals surface area contributed by atoms with E-state index in [1.165, 1.54) is 0 Å². The average Bonchev–Trinajstić information content (AvgIpc) is 3.29. The van der Waals surface area contributed by atoms with Crippen LogP contribution in [0.5, 0.6) is 5.75 Å². The van der Waals surface area contributed by atoms with Crippen LogP contribution in [0.1, 0.15) is 17.9 Å². The highest BCUT2D eigenvalue weighted by Crippen LogP contribution is 2.21. The second-order valence-electron chi connectivity index (χ2n) is 5.03. The van der Waals surface area contributed by atoms with Gasteiger partial charge < -0.3 is 13.9 Å². The maximum Gasteiger partial charge on any atom is 0.306 e. The summed E-state index contributed by atoms with van der Waals surface area (Å²) in [5.74, 6) is 1.31. The lowest BCUT2D eigenvalue weighted by atomic mass is 10.2. The van der Waals surface area contributed by atoms with Crippen molar-refractivity contribution in [2.45, 2.75) is 19.4 Å². The van der Waals surface area contributed by atoms with Crippen molar-refractivity contribution < 1.29 is 18.7 Å².